The predicted molar refractivity (Wildman–Crippen MR) is 62.9 cm³/mol. The third-order valence-corrected chi connectivity index (χ3v) is 4.51. The Bertz CT molecular complexity index is 340. The Morgan fingerprint density at radius 1 is 1.38 bits per heavy atom. The van der Waals surface area contributed by atoms with Crippen molar-refractivity contribution in [1.29, 1.82) is 0 Å². The van der Waals surface area contributed by atoms with Crippen molar-refractivity contribution in [2.45, 2.75) is 13.3 Å². The van der Waals surface area contributed by atoms with Crippen molar-refractivity contribution in [3.8, 4) is 0 Å². The highest BCUT2D eigenvalue weighted by atomic mass is 32.2. The average molecular weight is 248 g/mol. The molecule has 0 aromatic heterocycles. The Labute approximate surface area is 97.1 Å². The summed E-state index contributed by atoms with van der Waals surface area (Å²) in [4.78, 5) is 13.6. The first kappa shape index (κ1) is 13.4. The lowest BCUT2D eigenvalue weighted by Gasteiger charge is -2.23. The molecule has 0 aliphatic carbocycles. The molecular weight excluding hydrogens is 228 g/mol. The lowest BCUT2D eigenvalue weighted by molar-refractivity contribution is -0.134. The van der Waals surface area contributed by atoms with Crippen molar-refractivity contribution >= 4 is 15.7 Å². The number of amides is 1. The molecule has 6 heteroatoms. The summed E-state index contributed by atoms with van der Waals surface area (Å²) in [5.41, 5.74) is 0. The summed E-state index contributed by atoms with van der Waals surface area (Å²) < 4.78 is 22.8. The number of carbonyl (C=O) groups is 1. The number of carbonyl (C=O) groups excluding carboxylic acids is 1. The lowest BCUT2D eigenvalue weighted by atomic mass is 10.1. The fraction of sp³-hybridized carbons (Fsp3) is 0.900. The van der Waals surface area contributed by atoms with Gasteiger partial charge in [0.05, 0.1) is 11.5 Å². The third-order valence-electron chi connectivity index (χ3n) is 2.80. The van der Waals surface area contributed by atoms with Gasteiger partial charge in [0.2, 0.25) is 5.91 Å². The minimum absolute atomic E-state index is 0.0476. The second kappa shape index (κ2) is 5.63. The summed E-state index contributed by atoms with van der Waals surface area (Å²) in [5, 5.41) is 2.95. The van der Waals surface area contributed by atoms with Crippen LogP contribution in [0.5, 0.6) is 0 Å². The quantitative estimate of drug-likeness (QED) is 0.730. The molecule has 1 amide bonds. The Morgan fingerprint density at radius 2 is 2.06 bits per heavy atom. The zero-order valence-electron chi connectivity index (χ0n) is 9.90. The molecule has 5 nitrogen and oxygen atoms in total. The van der Waals surface area contributed by atoms with Gasteiger partial charge in [-0.3, -0.25) is 4.79 Å². The monoisotopic (exact) mass is 248 g/mol. The number of hydrogen-bond donors (Lipinski definition) is 1. The zero-order valence-corrected chi connectivity index (χ0v) is 10.7. The van der Waals surface area contributed by atoms with E-state index in [1.54, 1.807) is 11.9 Å². The van der Waals surface area contributed by atoms with Crippen LogP contribution in [0.4, 0.5) is 0 Å². The number of nitrogens with zero attached hydrogens (tertiary/aromatic N) is 1. The van der Waals surface area contributed by atoms with Crippen LogP contribution < -0.4 is 5.32 Å². The molecule has 1 aliphatic rings. The van der Waals surface area contributed by atoms with Crippen LogP contribution in [0.3, 0.4) is 0 Å². The van der Waals surface area contributed by atoms with Crippen molar-refractivity contribution in [2.24, 2.45) is 5.92 Å². The fourth-order valence-corrected chi connectivity index (χ4v) is 3.14. The van der Waals surface area contributed by atoms with E-state index in [0.717, 1.165) is 0 Å². The Kier molecular flexibility index (Phi) is 4.73. The molecule has 1 heterocycles. The summed E-state index contributed by atoms with van der Waals surface area (Å²) in [6.45, 7) is 3.39. The van der Waals surface area contributed by atoms with Gasteiger partial charge in [0.25, 0.3) is 0 Å². The van der Waals surface area contributed by atoms with Crippen LogP contribution in [0, 0.1) is 5.92 Å². The molecule has 1 aliphatic heterocycles. The highest BCUT2D eigenvalue weighted by Crippen LogP contribution is 2.08. The number of nitrogens with one attached hydrogen (secondary N) is 1. The highest BCUT2D eigenvalue weighted by Gasteiger charge is 2.25. The van der Waals surface area contributed by atoms with E-state index < -0.39 is 9.84 Å². The first-order valence-electron chi connectivity index (χ1n) is 5.60. The van der Waals surface area contributed by atoms with Gasteiger partial charge < -0.3 is 10.2 Å². The first-order chi connectivity index (χ1) is 7.46. The van der Waals surface area contributed by atoms with E-state index in [-0.39, 0.29) is 23.3 Å². The van der Waals surface area contributed by atoms with E-state index in [0.29, 0.717) is 26.1 Å². The van der Waals surface area contributed by atoms with Gasteiger partial charge in [-0.05, 0) is 13.5 Å². The van der Waals surface area contributed by atoms with Gasteiger partial charge in [-0.25, -0.2) is 8.42 Å². The number of rotatable bonds is 3. The van der Waals surface area contributed by atoms with Crippen molar-refractivity contribution in [2.75, 3.05) is 38.2 Å². The van der Waals surface area contributed by atoms with E-state index in [2.05, 4.69) is 5.32 Å². The molecule has 0 bridgehead atoms. The van der Waals surface area contributed by atoms with Gasteiger partial charge in [-0.1, -0.05) is 6.92 Å². The maximum absolute atomic E-state index is 11.9. The van der Waals surface area contributed by atoms with E-state index in [1.165, 1.54) is 0 Å². The van der Waals surface area contributed by atoms with Gasteiger partial charge in [-0.15, -0.1) is 0 Å². The van der Waals surface area contributed by atoms with Crippen LogP contribution in [0.15, 0.2) is 0 Å². The largest absolute Gasteiger partial charge is 0.341 e. The minimum Gasteiger partial charge on any atom is -0.341 e. The fourth-order valence-electron chi connectivity index (χ4n) is 1.86. The van der Waals surface area contributed by atoms with Gasteiger partial charge in [-0.2, -0.15) is 0 Å². The normalized spacial score (nSPS) is 22.5. The maximum Gasteiger partial charge on any atom is 0.226 e. The summed E-state index contributed by atoms with van der Waals surface area (Å²) in [5.74, 6) is 0.264. The van der Waals surface area contributed by atoms with Crippen LogP contribution in [-0.2, 0) is 14.6 Å². The van der Waals surface area contributed by atoms with Gasteiger partial charge >= 0.3 is 0 Å². The molecule has 1 unspecified atom stereocenters. The number of hydrogen-bond acceptors (Lipinski definition) is 4. The van der Waals surface area contributed by atoms with Gasteiger partial charge in [0.15, 0.2) is 9.84 Å². The molecule has 0 aromatic rings. The number of sulfone groups is 1. The molecular formula is C10H20N2O3S. The molecule has 1 N–H and O–H groups in total. The van der Waals surface area contributed by atoms with Crippen LogP contribution in [0.1, 0.15) is 13.3 Å². The Balaban J connectivity index is 2.58. The highest BCUT2D eigenvalue weighted by molar-refractivity contribution is 7.91. The van der Waals surface area contributed by atoms with Crippen LogP contribution in [-0.4, -0.2) is 57.4 Å². The average Bonchev–Trinajstić information content (AvgIpc) is 2.39. The summed E-state index contributed by atoms with van der Waals surface area (Å²) in [6.07, 6.45) is 0.556. The van der Waals surface area contributed by atoms with Crippen molar-refractivity contribution in [1.82, 2.24) is 10.2 Å². The van der Waals surface area contributed by atoms with Crippen molar-refractivity contribution < 1.29 is 13.2 Å². The standard InChI is InChI=1S/C10H20N2O3S/c1-9(8-11-2)10(13)12-4-3-6-16(14,15)7-5-12/h9,11H,3-8H2,1-2H3. The van der Waals surface area contributed by atoms with Crippen LogP contribution in [0.25, 0.3) is 0 Å². The molecule has 1 rings (SSSR count). The molecule has 16 heavy (non-hydrogen) atoms. The predicted octanol–water partition coefficient (Wildman–Crippen LogP) is -0.511. The van der Waals surface area contributed by atoms with Crippen molar-refractivity contribution in [3.05, 3.63) is 0 Å². The Morgan fingerprint density at radius 3 is 2.69 bits per heavy atom. The summed E-state index contributed by atoms with van der Waals surface area (Å²) >= 11 is 0. The van der Waals surface area contributed by atoms with E-state index in [1.807, 2.05) is 6.92 Å². The summed E-state index contributed by atoms with van der Waals surface area (Å²) in [7, 11) is -1.13. The first-order valence-corrected chi connectivity index (χ1v) is 7.42. The van der Waals surface area contributed by atoms with Crippen LogP contribution >= 0.6 is 0 Å². The SMILES string of the molecule is CNCC(C)C(=O)N1CCCS(=O)(=O)CC1. The maximum atomic E-state index is 11.9. The van der Waals surface area contributed by atoms with Gasteiger partial charge in [0.1, 0.15) is 0 Å². The molecule has 1 saturated heterocycles. The minimum atomic E-state index is -2.93. The molecule has 0 spiro atoms. The summed E-state index contributed by atoms with van der Waals surface area (Å²) in [6, 6.07) is 0. The topological polar surface area (TPSA) is 66.5 Å². The van der Waals surface area contributed by atoms with Crippen molar-refractivity contribution in [3.63, 3.8) is 0 Å². The van der Waals surface area contributed by atoms with E-state index >= 15 is 0 Å². The Hall–Kier alpha value is -0.620. The molecule has 0 saturated carbocycles. The second-order valence-corrected chi connectivity index (χ2v) is 6.59. The molecule has 1 fully saturated rings. The molecule has 0 aromatic carbocycles. The molecule has 94 valence electrons. The molecule has 1 atom stereocenters. The third kappa shape index (κ3) is 3.75. The molecule has 0 radical (unpaired) electrons. The van der Waals surface area contributed by atoms with E-state index in [9.17, 15) is 13.2 Å². The second-order valence-electron chi connectivity index (χ2n) is 4.29. The van der Waals surface area contributed by atoms with Gasteiger partial charge in [0, 0.05) is 25.6 Å². The van der Waals surface area contributed by atoms with Crippen LogP contribution in [0.2, 0.25) is 0 Å². The zero-order chi connectivity index (χ0) is 12.2. The van der Waals surface area contributed by atoms with E-state index in [4.69, 9.17) is 0 Å². The lowest BCUT2D eigenvalue weighted by Crippen LogP contribution is -2.40. The smallest absolute Gasteiger partial charge is 0.226 e.